The first-order valence-electron chi connectivity index (χ1n) is 8.34. The predicted molar refractivity (Wildman–Crippen MR) is 116 cm³/mol. The van der Waals surface area contributed by atoms with Crippen LogP contribution in [0, 0.1) is 0 Å². The molecule has 3 aromatic rings. The van der Waals surface area contributed by atoms with E-state index in [1.165, 1.54) is 6.33 Å². The van der Waals surface area contributed by atoms with Crippen LogP contribution < -0.4 is 15.4 Å². The quantitative estimate of drug-likeness (QED) is 0.324. The van der Waals surface area contributed by atoms with Crippen molar-refractivity contribution in [2.45, 2.75) is 13.1 Å². The van der Waals surface area contributed by atoms with Gasteiger partial charge in [-0.25, -0.2) is 4.98 Å². The molecule has 0 saturated carbocycles. The van der Waals surface area contributed by atoms with Crippen molar-refractivity contribution in [1.82, 2.24) is 25.4 Å². The Morgan fingerprint density at radius 1 is 1.04 bits per heavy atom. The van der Waals surface area contributed by atoms with Gasteiger partial charge >= 0.3 is 0 Å². The minimum absolute atomic E-state index is 0. The number of rotatable bonds is 6. The zero-order chi connectivity index (χ0) is 18.2. The number of nitrogens with one attached hydrogen (secondary N) is 2. The number of aromatic nitrogens is 3. The zero-order valence-corrected chi connectivity index (χ0v) is 17.6. The summed E-state index contributed by atoms with van der Waals surface area (Å²) >= 11 is 0. The number of aryl methyl sites for hydroxylation is 1. The van der Waals surface area contributed by atoms with E-state index >= 15 is 0 Å². The highest BCUT2D eigenvalue weighted by Gasteiger charge is 2.07. The van der Waals surface area contributed by atoms with Crippen molar-refractivity contribution in [2.75, 3.05) is 7.05 Å². The maximum atomic E-state index is 5.99. The minimum atomic E-state index is 0. The van der Waals surface area contributed by atoms with E-state index in [9.17, 15) is 0 Å². The van der Waals surface area contributed by atoms with Crippen LogP contribution in [-0.2, 0) is 20.1 Å². The average molecular weight is 478 g/mol. The highest BCUT2D eigenvalue weighted by molar-refractivity contribution is 14.0. The highest BCUT2D eigenvalue weighted by Crippen LogP contribution is 2.24. The zero-order valence-electron chi connectivity index (χ0n) is 15.3. The molecule has 3 rings (SSSR count). The van der Waals surface area contributed by atoms with Gasteiger partial charge in [-0.3, -0.25) is 9.67 Å². The van der Waals surface area contributed by atoms with Crippen LogP contribution in [0.25, 0.3) is 0 Å². The smallest absolute Gasteiger partial charge is 0.191 e. The number of para-hydroxylation sites is 2. The van der Waals surface area contributed by atoms with Crippen LogP contribution in [0.2, 0.25) is 0 Å². The minimum Gasteiger partial charge on any atom is -0.457 e. The van der Waals surface area contributed by atoms with Crippen molar-refractivity contribution >= 4 is 29.9 Å². The van der Waals surface area contributed by atoms with Gasteiger partial charge < -0.3 is 15.4 Å². The fourth-order valence-electron chi connectivity index (χ4n) is 2.41. The van der Waals surface area contributed by atoms with E-state index in [0.717, 1.165) is 22.9 Å². The molecular weight excluding hydrogens is 455 g/mol. The lowest BCUT2D eigenvalue weighted by molar-refractivity contribution is 0.475. The first kappa shape index (κ1) is 20.7. The number of ether oxygens (including phenoxy) is 1. The van der Waals surface area contributed by atoms with Gasteiger partial charge in [0.05, 0.1) is 6.54 Å². The van der Waals surface area contributed by atoms with Crippen molar-refractivity contribution in [3.05, 3.63) is 72.3 Å². The summed E-state index contributed by atoms with van der Waals surface area (Å²) in [5.41, 5.74) is 1.04. The van der Waals surface area contributed by atoms with Crippen LogP contribution in [0.4, 0.5) is 0 Å². The molecule has 0 aliphatic heterocycles. The molecule has 0 amide bonds. The van der Waals surface area contributed by atoms with Crippen molar-refractivity contribution < 1.29 is 4.74 Å². The summed E-state index contributed by atoms with van der Waals surface area (Å²) in [6.45, 7) is 1.12. The Kier molecular flexibility index (Phi) is 8.05. The van der Waals surface area contributed by atoms with E-state index in [1.54, 1.807) is 11.7 Å². The first-order chi connectivity index (χ1) is 12.8. The largest absolute Gasteiger partial charge is 0.457 e. The van der Waals surface area contributed by atoms with Crippen molar-refractivity contribution in [1.29, 1.82) is 0 Å². The molecule has 2 N–H and O–H groups in total. The molecule has 2 aromatic carbocycles. The lowest BCUT2D eigenvalue weighted by Gasteiger charge is -2.14. The summed E-state index contributed by atoms with van der Waals surface area (Å²) in [7, 11) is 3.59. The summed E-state index contributed by atoms with van der Waals surface area (Å²) in [5.74, 6) is 3.14. The first-order valence-corrected chi connectivity index (χ1v) is 8.34. The van der Waals surface area contributed by atoms with Gasteiger partial charge in [0.1, 0.15) is 23.7 Å². The van der Waals surface area contributed by atoms with Gasteiger partial charge in [-0.05, 0) is 18.2 Å². The van der Waals surface area contributed by atoms with Gasteiger partial charge in [-0.1, -0.05) is 36.4 Å². The number of nitrogens with zero attached hydrogens (tertiary/aromatic N) is 4. The third kappa shape index (κ3) is 5.95. The van der Waals surface area contributed by atoms with Gasteiger partial charge in [0.15, 0.2) is 5.96 Å². The topological polar surface area (TPSA) is 76.4 Å². The van der Waals surface area contributed by atoms with E-state index in [0.29, 0.717) is 19.0 Å². The van der Waals surface area contributed by atoms with E-state index in [-0.39, 0.29) is 24.0 Å². The summed E-state index contributed by atoms with van der Waals surface area (Å²) < 4.78 is 7.71. The molecule has 0 fully saturated rings. The maximum absolute atomic E-state index is 5.99. The molecular formula is C19H23IN6O. The lowest BCUT2D eigenvalue weighted by Crippen LogP contribution is -2.37. The van der Waals surface area contributed by atoms with Crippen LogP contribution >= 0.6 is 24.0 Å². The third-order valence-electron chi connectivity index (χ3n) is 3.83. The molecule has 0 atom stereocenters. The number of aliphatic imine (C=N–C) groups is 1. The van der Waals surface area contributed by atoms with Crippen LogP contribution in [0.15, 0.2) is 65.9 Å². The second-order valence-corrected chi connectivity index (χ2v) is 5.60. The number of hydrogen-bond donors (Lipinski definition) is 2. The van der Waals surface area contributed by atoms with Crippen molar-refractivity contribution in [3.8, 4) is 11.5 Å². The van der Waals surface area contributed by atoms with Gasteiger partial charge in [0.2, 0.25) is 0 Å². The molecule has 1 heterocycles. The lowest BCUT2D eigenvalue weighted by atomic mass is 10.2. The van der Waals surface area contributed by atoms with Gasteiger partial charge in [0, 0.05) is 26.2 Å². The second kappa shape index (κ2) is 10.5. The molecule has 142 valence electrons. The standard InChI is InChI=1S/C19H22N6O.HI/c1-20-19(22-13-18-23-14-24-25(18)2)21-12-15-8-6-7-11-17(15)26-16-9-4-3-5-10-16;/h3-11,14H,12-13H2,1-2H3,(H2,20,21,22);1H. The Bertz CT molecular complexity index is 865. The molecule has 27 heavy (non-hydrogen) atoms. The van der Waals surface area contributed by atoms with Gasteiger partial charge in [-0.15, -0.1) is 24.0 Å². The van der Waals surface area contributed by atoms with Gasteiger partial charge in [0.25, 0.3) is 0 Å². The Balaban J connectivity index is 0.00000261. The van der Waals surface area contributed by atoms with Gasteiger partial charge in [-0.2, -0.15) is 5.10 Å². The van der Waals surface area contributed by atoms with E-state index in [1.807, 2.05) is 61.6 Å². The van der Waals surface area contributed by atoms with Crippen LogP contribution in [0.1, 0.15) is 11.4 Å². The molecule has 7 nitrogen and oxygen atoms in total. The number of halogens is 1. The molecule has 0 spiro atoms. The third-order valence-corrected chi connectivity index (χ3v) is 3.83. The van der Waals surface area contributed by atoms with Crippen LogP contribution in [0.3, 0.4) is 0 Å². The number of benzene rings is 2. The molecule has 1 aromatic heterocycles. The highest BCUT2D eigenvalue weighted by atomic mass is 127. The van der Waals surface area contributed by atoms with E-state index in [4.69, 9.17) is 4.74 Å². The molecule has 0 saturated heterocycles. The molecule has 0 radical (unpaired) electrons. The van der Waals surface area contributed by atoms with E-state index in [2.05, 4.69) is 25.7 Å². The SMILES string of the molecule is CN=C(NCc1ccccc1Oc1ccccc1)NCc1ncnn1C.I. The Morgan fingerprint density at radius 3 is 2.44 bits per heavy atom. The second-order valence-electron chi connectivity index (χ2n) is 5.60. The number of guanidine groups is 1. The Hall–Kier alpha value is -2.62. The molecule has 8 heteroatoms. The maximum Gasteiger partial charge on any atom is 0.191 e. The van der Waals surface area contributed by atoms with E-state index < -0.39 is 0 Å². The summed E-state index contributed by atoms with van der Waals surface area (Å²) in [5, 5.41) is 10.6. The monoisotopic (exact) mass is 478 g/mol. The molecule has 0 bridgehead atoms. The fraction of sp³-hybridized carbons (Fsp3) is 0.211. The normalized spacial score (nSPS) is 10.8. The fourth-order valence-corrected chi connectivity index (χ4v) is 2.41. The van der Waals surface area contributed by atoms with Crippen LogP contribution in [-0.4, -0.2) is 27.8 Å². The van der Waals surface area contributed by atoms with Crippen LogP contribution in [0.5, 0.6) is 11.5 Å². The van der Waals surface area contributed by atoms with Crippen molar-refractivity contribution in [2.24, 2.45) is 12.0 Å². The Morgan fingerprint density at radius 2 is 1.74 bits per heavy atom. The summed E-state index contributed by atoms with van der Waals surface area (Å²) in [4.78, 5) is 8.43. The molecule has 0 aliphatic carbocycles. The predicted octanol–water partition coefficient (Wildman–Crippen LogP) is 3.09. The summed E-state index contributed by atoms with van der Waals surface area (Å²) in [6.07, 6.45) is 1.53. The molecule has 0 aliphatic rings. The Labute approximate surface area is 175 Å². The number of hydrogen-bond acceptors (Lipinski definition) is 4. The average Bonchev–Trinajstić information content (AvgIpc) is 3.09. The van der Waals surface area contributed by atoms with Crippen molar-refractivity contribution in [3.63, 3.8) is 0 Å². The summed E-state index contributed by atoms with van der Waals surface area (Å²) in [6, 6.07) is 17.7. The molecule has 0 unspecified atom stereocenters.